The van der Waals surface area contributed by atoms with E-state index in [-0.39, 0.29) is 0 Å². The Hall–Kier alpha value is -1.33. The van der Waals surface area contributed by atoms with Crippen molar-refractivity contribution in [2.24, 2.45) is 12.8 Å². The molecular formula is C11H11BrN2O2. The Bertz CT molecular complexity index is 562. The maximum absolute atomic E-state index is 10.9. The third-order valence-electron chi connectivity index (χ3n) is 2.66. The number of carboxylic acids is 1. The van der Waals surface area contributed by atoms with E-state index in [1.54, 1.807) is 10.6 Å². The number of rotatable bonds is 2. The molecule has 0 fully saturated rings. The van der Waals surface area contributed by atoms with E-state index in [1.807, 2.05) is 25.2 Å². The predicted octanol–water partition coefficient (Wildman–Crippen LogP) is 2.03. The topological polar surface area (TPSA) is 68.2 Å². The van der Waals surface area contributed by atoms with Crippen LogP contribution in [0.4, 0.5) is 0 Å². The van der Waals surface area contributed by atoms with E-state index in [9.17, 15) is 4.79 Å². The molecule has 1 atom stereocenters. The van der Waals surface area contributed by atoms with Gasteiger partial charge in [0.1, 0.15) is 6.04 Å². The zero-order valence-electron chi connectivity index (χ0n) is 8.64. The summed E-state index contributed by atoms with van der Waals surface area (Å²) in [7, 11) is 1.81. The Kier molecular flexibility index (Phi) is 2.73. The van der Waals surface area contributed by atoms with Gasteiger partial charge in [0, 0.05) is 28.1 Å². The number of halogens is 1. The summed E-state index contributed by atoms with van der Waals surface area (Å²) in [5.74, 6) is -1.03. The lowest BCUT2D eigenvalue weighted by Gasteiger charge is -2.07. The summed E-state index contributed by atoms with van der Waals surface area (Å²) in [6.45, 7) is 0. The average Bonchev–Trinajstić information content (AvgIpc) is 2.57. The lowest BCUT2D eigenvalue weighted by Crippen LogP contribution is -2.22. The van der Waals surface area contributed by atoms with Crippen molar-refractivity contribution in [1.82, 2.24) is 4.57 Å². The van der Waals surface area contributed by atoms with E-state index in [4.69, 9.17) is 10.8 Å². The molecule has 0 saturated carbocycles. The van der Waals surface area contributed by atoms with Crippen molar-refractivity contribution in [1.29, 1.82) is 0 Å². The van der Waals surface area contributed by atoms with Gasteiger partial charge in [0.25, 0.3) is 0 Å². The molecule has 0 saturated heterocycles. The molecule has 0 aliphatic rings. The highest BCUT2D eigenvalue weighted by Crippen LogP contribution is 2.28. The molecule has 16 heavy (non-hydrogen) atoms. The van der Waals surface area contributed by atoms with E-state index in [2.05, 4.69) is 15.9 Å². The average molecular weight is 283 g/mol. The Balaban J connectivity index is 2.69. The first-order valence-corrected chi connectivity index (χ1v) is 5.54. The molecule has 0 radical (unpaired) electrons. The van der Waals surface area contributed by atoms with Gasteiger partial charge < -0.3 is 15.4 Å². The zero-order chi connectivity index (χ0) is 11.9. The summed E-state index contributed by atoms with van der Waals surface area (Å²) in [6, 6.07) is 6.56. The second kappa shape index (κ2) is 3.92. The highest BCUT2D eigenvalue weighted by Gasteiger charge is 2.19. The molecule has 0 amide bonds. The summed E-state index contributed by atoms with van der Waals surface area (Å²) in [5.41, 5.74) is 7.17. The molecular weight excluding hydrogens is 272 g/mol. The van der Waals surface area contributed by atoms with Crippen LogP contribution in [0, 0.1) is 0 Å². The second-order valence-corrected chi connectivity index (χ2v) is 4.47. The molecule has 2 aromatic rings. The summed E-state index contributed by atoms with van der Waals surface area (Å²) in [4.78, 5) is 10.9. The minimum absolute atomic E-state index is 0.592. The van der Waals surface area contributed by atoms with Crippen molar-refractivity contribution in [2.75, 3.05) is 0 Å². The Morgan fingerprint density at radius 1 is 1.56 bits per heavy atom. The summed E-state index contributed by atoms with van der Waals surface area (Å²) in [6.07, 6.45) is 0. The number of hydrogen-bond acceptors (Lipinski definition) is 2. The number of nitrogens with two attached hydrogens (primary N) is 1. The Morgan fingerprint density at radius 3 is 2.81 bits per heavy atom. The summed E-state index contributed by atoms with van der Waals surface area (Å²) >= 11 is 3.43. The molecule has 2 rings (SSSR count). The number of carbonyl (C=O) groups is 1. The van der Waals surface area contributed by atoms with Crippen LogP contribution >= 0.6 is 15.9 Å². The number of fused-ring (bicyclic) bond motifs is 1. The molecule has 0 aliphatic carbocycles. The van der Waals surface area contributed by atoms with Gasteiger partial charge in [-0.05, 0) is 18.2 Å². The lowest BCUT2D eigenvalue weighted by molar-refractivity contribution is -0.138. The maximum atomic E-state index is 10.9. The van der Waals surface area contributed by atoms with Crippen LogP contribution in [-0.4, -0.2) is 15.6 Å². The van der Waals surface area contributed by atoms with E-state index in [0.717, 1.165) is 15.4 Å². The van der Waals surface area contributed by atoms with Gasteiger partial charge in [0.15, 0.2) is 0 Å². The van der Waals surface area contributed by atoms with Gasteiger partial charge in [-0.3, -0.25) is 4.79 Å². The molecule has 0 bridgehead atoms. The van der Waals surface area contributed by atoms with Crippen LogP contribution in [-0.2, 0) is 11.8 Å². The van der Waals surface area contributed by atoms with E-state index in [0.29, 0.717) is 5.69 Å². The van der Waals surface area contributed by atoms with Crippen LogP contribution in [0.3, 0.4) is 0 Å². The highest BCUT2D eigenvalue weighted by atomic mass is 79.9. The first-order chi connectivity index (χ1) is 7.52. The first-order valence-electron chi connectivity index (χ1n) is 4.74. The van der Waals surface area contributed by atoms with Gasteiger partial charge >= 0.3 is 5.97 Å². The van der Waals surface area contributed by atoms with Gasteiger partial charge in [0.2, 0.25) is 0 Å². The van der Waals surface area contributed by atoms with Gasteiger partial charge in [-0.25, -0.2) is 0 Å². The van der Waals surface area contributed by atoms with Crippen LogP contribution in [0.1, 0.15) is 11.7 Å². The Labute approximate surface area is 101 Å². The van der Waals surface area contributed by atoms with Crippen LogP contribution in [0.2, 0.25) is 0 Å². The van der Waals surface area contributed by atoms with Crippen molar-refractivity contribution in [3.63, 3.8) is 0 Å². The highest BCUT2D eigenvalue weighted by molar-refractivity contribution is 9.10. The number of aromatic nitrogens is 1. The molecule has 0 spiro atoms. The maximum Gasteiger partial charge on any atom is 0.326 e. The predicted molar refractivity (Wildman–Crippen MR) is 65.2 cm³/mol. The van der Waals surface area contributed by atoms with Crippen molar-refractivity contribution in [3.05, 3.63) is 34.4 Å². The molecule has 1 aromatic carbocycles. The Morgan fingerprint density at radius 2 is 2.25 bits per heavy atom. The smallest absolute Gasteiger partial charge is 0.326 e. The van der Waals surface area contributed by atoms with Crippen LogP contribution in [0.25, 0.3) is 10.9 Å². The fourth-order valence-corrected chi connectivity index (χ4v) is 2.24. The molecule has 1 heterocycles. The van der Waals surface area contributed by atoms with Crippen LogP contribution in [0.15, 0.2) is 28.7 Å². The van der Waals surface area contributed by atoms with Gasteiger partial charge in [-0.2, -0.15) is 0 Å². The number of carboxylic acid groups (broad SMARTS) is 1. The van der Waals surface area contributed by atoms with E-state index < -0.39 is 12.0 Å². The first kappa shape index (κ1) is 11.2. The normalized spacial score (nSPS) is 12.9. The second-order valence-electron chi connectivity index (χ2n) is 3.62. The minimum Gasteiger partial charge on any atom is -0.480 e. The number of aliphatic carboxylic acids is 1. The molecule has 3 N–H and O–H groups in total. The molecule has 84 valence electrons. The van der Waals surface area contributed by atoms with Crippen molar-refractivity contribution in [2.45, 2.75) is 6.04 Å². The van der Waals surface area contributed by atoms with E-state index >= 15 is 0 Å². The number of nitrogens with zero attached hydrogens (tertiary/aromatic N) is 1. The van der Waals surface area contributed by atoms with Crippen molar-refractivity contribution < 1.29 is 9.90 Å². The van der Waals surface area contributed by atoms with Crippen molar-refractivity contribution >= 4 is 32.8 Å². The largest absolute Gasteiger partial charge is 0.480 e. The molecule has 4 nitrogen and oxygen atoms in total. The minimum atomic E-state index is -1.03. The molecule has 0 aliphatic heterocycles. The monoisotopic (exact) mass is 282 g/mol. The third kappa shape index (κ3) is 1.62. The molecule has 1 aromatic heterocycles. The SMILES string of the molecule is Cn1c(C(N)C(=O)O)cc2c(Br)cccc21. The number of benzene rings is 1. The lowest BCUT2D eigenvalue weighted by atomic mass is 10.2. The number of aryl methyl sites for hydroxylation is 1. The third-order valence-corrected chi connectivity index (χ3v) is 3.35. The van der Waals surface area contributed by atoms with E-state index in [1.165, 1.54) is 0 Å². The molecule has 1 unspecified atom stereocenters. The molecule has 5 heteroatoms. The van der Waals surface area contributed by atoms with Crippen molar-refractivity contribution in [3.8, 4) is 0 Å². The summed E-state index contributed by atoms with van der Waals surface area (Å²) < 4.78 is 2.74. The summed E-state index contributed by atoms with van der Waals surface area (Å²) in [5, 5.41) is 9.87. The van der Waals surface area contributed by atoms with Gasteiger partial charge in [-0.1, -0.05) is 22.0 Å². The fraction of sp³-hybridized carbons (Fsp3) is 0.182. The van der Waals surface area contributed by atoms with Crippen LogP contribution in [0.5, 0.6) is 0 Å². The standard InChI is InChI=1S/C11H11BrN2O2/c1-14-8-4-2-3-7(12)6(8)5-9(14)10(13)11(15)16/h2-5,10H,13H2,1H3,(H,15,16). The fourth-order valence-electron chi connectivity index (χ4n) is 1.77. The van der Waals surface area contributed by atoms with Crippen LogP contribution < -0.4 is 5.73 Å². The van der Waals surface area contributed by atoms with Gasteiger partial charge in [0.05, 0.1) is 0 Å². The zero-order valence-corrected chi connectivity index (χ0v) is 10.2. The quantitative estimate of drug-likeness (QED) is 0.886. The van der Waals surface area contributed by atoms with Gasteiger partial charge in [-0.15, -0.1) is 0 Å². The number of hydrogen-bond donors (Lipinski definition) is 2.